The lowest BCUT2D eigenvalue weighted by Crippen LogP contribution is -2.37. The SMILES string of the molecule is Cc1[nH]c(C(Cc2ccccc2)NC(=O)C2CCC(CN)CC2)nc1-c1ccc(O)cc1. The number of phenolic OH excluding ortho intramolecular Hbond substituents is 1. The smallest absolute Gasteiger partial charge is 0.223 e. The number of aromatic amines is 1. The molecule has 1 atom stereocenters. The Bertz CT molecular complexity index is 1020. The molecule has 3 aromatic rings. The van der Waals surface area contributed by atoms with Gasteiger partial charge in [-0.15, -0.1) is 0 Å². The van der Waals surface area contributed by atoms with Gasteiger partial charge in [-0.05, 0) is 81.3 Å². The Labute approximate surface area is 189 Å². The average molecular weight is 433 g/mol. The summed E-state index contributed by atoms with van der Waals surface area (Å²) in [5, 5.41) is 12.9. The number of phenols is 1. The quantitative estimate of drug-likeness (QED) is 0.448. The summed E-state index contributed by atoms with van der Waals surface area (Å²) in [5.74, 6) is 1.64. The number of carbonyl (C=O) groups excluding carboxylic acids is 1. The van der Waals surface area contributed by atoms with Crippen LogP contribution in [0.4, 0.5) is 0 Å². The highest BCUT2D eigenvalue weighted by Crippen LogP contribution is 2.30. The molecule has 1 aromatic heterocycles. The molecule has 1 aliphatic rings. The Hall–Kier alpha value is -3.12. The van der Waals surface area contributed by atoms with Gasteiger partial charge in [-0.25, -0.2) is 4.98 Å². The second-order valence-corrected chi connectivity index (χ2v) is 8.85. The second kappa shape index (κ2) is 10.0. The highest BCUT2D eigenvalue weighted by atomic mass is 16.3. The summed E-state index contributed by atoms with van der Waals surface area (Å²) < 4.78 is 0. The van der Waals surface area contributed by atoms with Crippen LogP contribution in [0.15, 0.2) is 54.6 Å². The first-order chi connectivity index (χ1) is 15.5. The van der Waals surface area contributed by atoms with E-state index in [4.69, 9.17) is 10.7 Å². The Morgan fingerprint density at radius 1 is 1.12 bits per heavy atom. The Morgan fingerprint density at radius 2 is 1.81 bits per heavy atom. The lowest BCUT2D eigenvalue weighted by molar-refractivity contribution is -0.127. The van der Waals surface area contributed by atoms with Gasteiger partial charge in [0.05, 0.1) is 11.7 Å². The molecule has 4 rings (SSSR count). The molecule has 1 fully saturated rings. The number of nitrogens with zero attached hydrogens (tertiary/aromatic N) is 1. The van der Waals surface area contributed by atoms with Gasteiger partial charge in [-0.2, -0.15) is 0 Å². The van der Waals surface area contributed by atoms with Gasteiger partial charge in [-0.1, -0.05) is 30.3 Å². The summed E-state index contributed by atoms with van der Waals surface area (Å²) >= 11 is 0. The first-order valence-electron chi connectivity index (χ1n) is 11.4. The van der Waals surface area contributed by atoms with Crippen molar-refractivity contribution in [2.75, 3.05) is 6.54 Å². The van der Waals surface area contributed by atoms with E-state index < -0.39 is 0 Å². The number of imidazole rings is 1. The lowest BCUT2D eigenvalue weighted by Gasteiger charge is -2.28. The van der Waals surface area contributed by atoms with E-state index in [-0.39, 0.29) is 23.6 Å². The third-order valence-corrected chi connectivity index (χ3v) is 6.52. The van der Waals surface area contributed by atoms with Crippen molar-refractivity contribution < 1.29 is 9.90 Å². The molecule has 0 spiro atoms. The zero-order valence-corrected chi connectivity index (χ0v) is 18.6. The molecule has 1 unspecified atom stereocenters. The van der Waals surface area contributed by atoms with E-state index >= 15 is 0 Å². The molecule has 1 aliphatic carbocycles. The fraction of sp³-hybridized carbons (Fsp3) is 0.385. The molecule has 6 heteroatoms. The van der Waals surface area contributed by atoms with E-state index in [1.165, 1.54) is 0 Å². The summed E-state index contributed by atoms with van der Waals surface area (Å²) in [5.41, 5.74) is 9.64. The number of nitrogens with two attached hydrogens (primary N) is 1. The number of aryl methyl sites for hydroxylation is 1. The van der Waals surface area contributed by atoms with Crippen molar-refractivity contribution >= 4 is 5.91 Å². The van der Waals surface area contributed by atoms with E-state index in [0.717, 1.165) is 54.0 Å². The molecule has 5 N–H and O–H groups in total. The zero-order chi connectivity index (χ0) is 22.5. The maximum Gasteiger partial charge on any atom is 0.223 e. The third-order valence-electron chi connectivity index (χ3n) is 6.52. The van der Waals surface area contributed by atoms with E-state index in [0.29, 0.717) is 18.9 Å². The van der Waals surface area contributed by atoms with Crippen LogP contribution in [0.3, 0.4) is 0 Å². The Morgan fingerprint density at radius 3 is 2.47 bits per heavy atom. The molecular weight excluding hydrogens is 400 g/mol. The summed E-state index contributed by atoms with van der Waals surface area (Å²) in [6, 6.07) is 16.9. The maximum atomic E-state index is 13.2. The predicted molar refractivity (Wildman–Crippen MR) is 126 cm³/mol. The molecule has 0 bridgehead atoms. The maximum absolute atomic E-state index is 13.2. The number of rotatable bonds is 7. The molecule has 168 valence electrons. The van der Waals surface area contributed by atoms with Crippen LogP contribution in [-0.2, 0) is 11.2 Å². The third kappa shape index (κ3) is 5.19. The Balaban J connectivity index is 1.56. The van der Waals surface area contributed by atoms with E-state index in [2.05, 4.69) is 22.4 Å². The summed E-state index contributed by atoms with van der Waals surface area (Å²) in [6.07, 6.45) is 4.47. The van der Waals surface area contributed by atoms with Gasteiger partial charge in [0, 0.05) is 17.2 Å². The molecule has 0 saturated heterocycles. The fourth-order valence-electron chi connectivity index (χ4n) is 4.56. The van der Waals surface area contributed by atoms with Gasteiger partial charge >= 0.3 is 0 Å². The topological polar surface area (TPSA) is 104 Å². The molecule has 0 radical (unpaired) electrons. The van der Waals surface area contributed by atoms with Crippen molar-refractivity contribution in [1.29, 1.82) is 0 Å². The average Bonchev–Trinajstić information content (AvgIpc) is 3.21. The van der Waals surface area contributed by atoms with Crippen molar-refractivity contribution in [3.63, 3.8) is 0 Å². The first-order valence-corrected chi connectivity index (χ1v) is 11.4. The normalized spacial score (nSPS) is 19.4. The van der Waals surface area contributed by atoms with Gasteiger partial charge in [0.15, 0.2) is 0 Å². The fourth-order valence-corrected chi connectivity index (χ4v) is 4.56. The van der Waals surface area contributed by atoms with Crippen LogP contribution in [0.1, 0.15) is 48.8 Å². The highest BCUT2D eigenvalue weighted by Gasteiger charge is 2.28. The zero-order valence-electron chi connectivity index (χ0n) is 18.6. The minimum Gasteiger partial charge on any atom is -0.508 e. The van der Waals surface area contributed by atoms with Gasteiger partial charge < -0.3 is 21.1 Å². The number of H-pyrrole nitrogens is 1. The van der Waals surface area contributed by atoms with Crippen LogP contribution in [0.2, 0.25) is 0 Å². The van der Waals surface area contributed by atoms with Crippen molar-refractivity contribution in [1.82, 2.24) is 15.3 Å². The van der Waals surface area contributed by atoms with E-state index in [9.17, 15) is 9.90 Å². The van der Waals surface area contributed by atoms with Gasteiger partial charge in [0.25, 0.3) is 0 Å². The molecule has 1 heterocycles. The minimum atomic E-state index is -0.248. The van der Waals surface area contributed by atoms with Gasteiger partial charge in [-0.3, -0.25) is 4.79 Å². The second-order valence-electron chi connectivity index (χ2n) is 8.85. The number of aromatic hydroxyl groups is 1. The van der Waals surface area contributed by atoms with Crippen molar-refractivity contribution in [3.8, 4) is 17.0 Å². The monoisotopic (exact) mass is 432 g/mol. The number of hydrogen-bond donors (Lipinski definition) is 4. The number of hydrogen-bond acceptors (Lipinski definition) is 4. The number of benzene rings is 2. The number of aromatic nitrogens is 2. The molecule has 32 heavy (non-hydrogen) atoms. The van der Waals surface area contributed by atoms with Gasteiger partial charge in [0.2, 0.25) is 5.91 Å². The molecular formula is C26H32N4O2. The van der Waals surface area contributed by atoms with Crippen LogP contribution < -0.4 is 11.1 Å². The molecule has 0 aliphatic heterocycles. The highest BCUT2D eigenvalue weighted by molar-refractivity contribution is 5.79. The largest absolute Gasteiger partial charge is 0.508 e. The van der Waals surface area contributed by atoms with Gasteiger partial charge in [0.1, 0.15) is 11.6 Å². The van der Waals surface area contributed by atoms with Crippen LogP contribution in [0, 0.1) is 18.8 Å². The molecule has 1 saturated carbocycles. The van der Waals surface area contributed by atoms with Crippen molar-refractivity contribution in [3.05, 3.63) is 71.7 Å². The first kappa shape index (κ1) is 22.1. The summed E-state index contributed by atoms with van der Waals surface area (Å²) in [4.78, 5) is 21.4. The predicted octanol–water partition coefficient (Wildman–Crippen LogP) is 4.26. The molecule has 2 aromatic carbocycles. The van der Waals surface area contributed by atoms with Crippen LogP contribution in [0.5, 0.6) is 5.75 Å². The molecule has 6 nitrogen and oxygen atoms in total. The summed E-state index contributed by atoms with van der Waals surface area (Å²) in [6.45, 7) is 2.69. The number of amides is 1. The number of nitrogens with one attached hydrogen (secondary N) is 2. The summed E-state index contributed by atoms with van der Waals surface area (Å²) in [7, 11) is 0. The lowest BCUT2D eigenvalue weighted by atomic mass is 9.81. The standard InChI is InChI=1S/C26H32N4O2/c1-17-24(20-11-13-22(31)14-12-20)30-25(28-17)23(15-18-5-3-2-4-6-18)29-26(32)21-9-7-19(16-27)8-10-21/h2-6,11-14,19,21,23,31H,7-10,15-16,27H2,1H3,(H,28,30)(H,29,32). The van der Waals surface area contributed by atoms with E-state index in [1.54, 1.807) is 12.1 Å². The number of carbonyl (C=O) groups is 1. The minimum absolute atomic E-state index is 0.0312. The van der Waals surface area contributed by atoms with Crippen molar-refractivity contribution in [2.45, 2.75) is 45.1 Å². The van der Waals surface area contributed by atoms with Crippen LogP contribution in [-0.4, -0.2) is 27.5 Å². The Kier molecular flexibility index (Phi) is 6.90. The van der Waals surface area contributed by atoms with Crippen molar-refractivity contribution in [2.24, 2.45) is 17.6 Å². The molecule has 1 amide bonds. The van der Waals surface area contributed by atoms with E-state index in [1.807, 2.05) is 37.3 Å². The van der Waals surface area contributed by atoms with Crippen LogP contribution >= 0.6 is 0 Å². The van der Waals surface area contributed by atoms with Crippen LogP contribution in [0.25, 0.3) is 11.3 Å².